The Hall–Kier alpha value is -2.03. The molecule has 0 fully saturated rings. The second-order valence-electron chi connectivity index (χ2n) is 4.63. The summed E-state index contributed by atoms with van der Waals surface area (Å²) in [4.78, 5) is 11.9. The lowest BCUT2D eigenvalue weighted by Crippen LogP contribution is -2.12. The van der Waals surface area contributed by atoms with Crippen LogP contribution in [0.5, 0.6) is 0 Å². The highest BCUT2D eigenvalue weighted by atomic mass is 32.2. The Kier molecular flexibility index (Phi) is 4.74. The van der Waals surface area contributed by atoms with Crippen LogP contribution in [0.25, 0.3) is 0 Å². The summed E-state index contributed by atoms with van der Waals surface area (Å²) in [5.74, 6) is -0.259. The highest BCUT2D eigenvalue weighted by molar-refractivity contribution is 8.00. The van der Waals surface area contributed by atoms with Gasteiger partial charge in [0.05, 0.1) is 0 Å². The Labute approximate surface area is 128 Å². The minimum absolute atomic E-state index is 0.00432. The van der Waals surface area contributed by atoms with Crippen LogP contribution in [-0.2, 0) is 0 Å². The van der Waals surface area contributed by atoms with Crippen molar-refractivity contribution in [3.63, 3.8) is 0 Å². The third-order valence-electron chi connectivity index (χ3n) is 2.48. The van der Waals surface area contributed by atoms with E-state index in [1.807, 2.05) is 13.8 Å². The van der Waals surface area contributed by atoms with E-state index in [4.69, 9.17) is 4.42 Å². The number of halogens is 3. The van der Waals surface area contributed by atoms with Crippen molar-refractivity contribution < 1.29 is 22.4 Å². The van der Waals surface area contributed by atoms with Gasteiger partial charge in [-0.1, -0.05) is 25.0 Å². The van der Waals surface area contributed by atoms with Crippen molar-refractivity contribution in [1.82, 2.24) is 10.2 Å². The Bertz CT molecular complexity index is 671. The number of aromatic nitrogens is 2. The predicted molar refractivity (Wildman–Crippen MR) is 74.7 cm³/mol. The van der Waals surface area contributed by atoms with Crippen molar-refractivity contribution in [3.05, 3.63) is 35.7 Å². The van der Waals surface area contributed by atoms with Crippen molar-refractivity contribution >= 4 is 23.7 Å². The maximum absolute atomic E-state index is 12.3. The Morgan fingerprint density at radius 1 is 1.32 bits per heavy atom. The zero-order chi connectivity index (χ0) is 16.3. The smallest absolute Gasteiger partial charge is 0.408 e. The van der Waals surface area contributed by atoms with Gasteiger partial charge in [-0.15, -0.1) is 5.10 Å². The number of nitrogens with zero attached hydrogens (tertiary/aromatic N) is 2. The molecule has 5 nitrogen and oxygen atoms in total. The summed E-state index contributed by atoms with van der Waals surface area (Å²) >= 11 is -0.285. The number of hydrogen-bond donors (Lipinski definition) is 1. The van der Waals surface area contributed by atoms with Crippen LogP contribution < -0.4 is 5.32 Å². The van der Waals surface area contributed by atoms with Gasteiger partial charge in [0.2, 0.25) is 5.89 Å². The van der Waals surface area contributed by atoms with Crippen LogP contribution in [-0.4, -0.2) is 21.6 Å². The molecular formula is C13H12F3N3O2S. The summed E-state index contributed by atoms with van der Waals surface area (Å²) in [5, 5.41) is 9.75. The third-order valence-corrected chi connectivity index (χ3v) is 3.21. The van der Waals surface area contributed by atoms with Crippen LogP contribution in [0, 0.1) is 0 Å². The fourth-order valence-electron chi connectivity index (χ4n) is 1.52. The van der Waals surface area contributed by atoms with Gasteiger partial charge in [-0.05, 0) is 30.0 Å². The molecule has 0 saturated carbocycles. The minimum Gasteiger partial charge on any atom is -0.408 e. The first-order chi connectivity index (χ1) is 10.2. The molecule has 0 atom stereocenters. The zero-order valence-electron chi connectivity index (χ0n) is 11.6. The molecular weight excluding hydrogens is 319 g/mol. The van der Waals surface area contributed by atoms with Crippen molar-refractivity contribution in [2.45, 2.75) is 30.2 Å². The van der Waals surface area contributed by atoms with Crippen LogP contribution >= 0.6 is 11.8 Å². The number of anilines is 1. The molecule has 9 heteroatoms. The quantitative estimate of drug-likeness (QED) is 0.856. The van der Waals surface area contributed by atoms with E-state index >= 15 is 0 Å². The first-order valence-corrected chi connectivity index (χ1v) is 7.07. The van der Waals surface area contributed by atoms with Gasteiger partial charge < -0.3 is 4.42 Å². The molecule has 1 aromatic carbocycles. The van der Waals surface area contributed by atoms with Gasteiger partial charge in [-0.3, -0.25) is 10.1 Å². The normalized spacial score (nSPS) is 11.7. The molecule has 1 N–H and O–H groups in total. The molecule has 0 spiro atoms. The lowest BCUT2D eigenvalue weighted by atomic mass is 10.2. The molecule has 1 aromatic heterocycles. The molecule has 1 amide bonds. The highest BCUT2D eigenvalue weighted by Crippen LogP contribution is 2.37. The summed E-state index contributed by atoms with van der Waals surface area (Å²) in [7, 11) is 0. The molecule has 0 unspecified atom stereocenters. The second kappa shape index (κ2) is 6.39. The van der Waals surface area contributed by atoms with Crippen LogP contribution in [0.4, 0.5) is 19.2 Å². The standard InChI is InChI=1S/C13H12F3N3O2S/c1-7(2)11-18-19-12(21-11)17-10(20)8-4-3-5-9(6-8)22-13(14,15)16/h3-7H,1-2H3,(H,17,19,20). The number of alkyl halides is 3. The van der Waals surface area contributed by atoms with E-state index in [2.05, 4.69) is 15.5 Å². The average Bonchev–Trinajstić information content (AvgIpc) is 2.85. The van der Waals surface area contributed by atoms with E-state index in [1.54, 1.807) is 0 Å². The number of amides is 1. The van der Waals surface area contributed by atoms with Gasteiger partial charge in [0.1, 0.15) is 0 Å². The van der Waals surface area contributed by atoms with Crippen LogP contribution in [0.1, 0.15) is 36.0 Å². The number of thioether (sulfide) groups is 1. The van der Waals surface area contributed by atoms with Gasteiger partial charge in [-0.2, -0.15) is 13.2 Å². The molecule has 118 valence electrons. The van der Waals surface area contributed by atoms with E-state index in [0.29, 0.717) is 5.89 Å². The third kappa shape index (κ3) is 4.48. The van der Waals surface area contributed by atoms with Gasteiger partial charge in [0.25, 0.3) is 5.91 Å². The number of nitrogens with one attached hydrogen (secondary N) is 1. The van der Waals surface area contributed by atoms with Crippen molar-refractivity contribution in [2.75, 3.05) is 5.32 Å². The number of carbonyl (C=O) groups excluding carboxylic acids is 1. The molecule has 0 aliphatic carbocycles. The molecule has 1 heterocycles. The molecule has 0 radical (unpaired) electrons. The monoisotopic (exact) mass is 331 g/mol. The molecule has 0 saturated heterocycles. The van der Waals surface area contributed by atoms with Gasteiger partial charge in [-0.25, -0.2) is 0 Å². The average molecular weight is 331 g/mol. The zero-order valence-corrected chi connectivity index (χ0v) is 12.5. The van der Waals surface area contributed by atoms with Crippen LogP contribution in [0.3, 0.4) is 0 Å². The van der Waals surface area contributed by atoms with E-state index in [0.717, 1.165) is 6.07 Å². The maximum atomic E-state index is 12.3. The molecule has 2 aromatic rings. The van der Waals surface area contributed by atoms with Crippen LogP contribution in [0.2, 0.25) is 0 Å². The number of rotatable bonds is 4. The lowest BCUT2D eigenvalue weighted by molar-refractivity contribution is -0.0328. The van der Waals surface area contributed by atoms with Gasteiger partial charge in [0.15, 0.2) is 0 Å². The Morgan fingerprint density at radius 2 is 2.05 bits per heavy atom. The van der Waals surface area contributed by atoms with E-state index in [-0.39, 0.29) is 34.2 Å². The lowest BCUT2D eigenvalue weighted by Gasteiger charge is -2.07. The molecule has 0 aliphatic rings. The van der Waals surface area contributed by atoms with Crippen molar-refractivity contribution in [2.24, 2.45) is 0 Å². The molecule has 0 aliphatic heterocycles. The minimum atomic E-state index is -4.41. The number of benzene rings is 1. The summed E-state index contributed by atoms with van der Waals surface area (Å²) in [6.45, 7) is 3.69. The summed E-state index contributed by atoms with van der Waals surface area (Å²) in [6.07, 6.45) is 0. The molecule has 2 rings (SSSR count). The summed E-state index contributed by atoms with van der Waals surface area (Å²) < 4.78 is 42.2. The molecule has 0 bridgehead atoms. The van der Waals surface area contributed by atoms with Crippen molar-refractivity contribution in [1.29, 1.82) is 0 Å². The molecule has 22 heavy (non-hydrogen) atoms. The van der Waals surface area contributed by atoms with E-state index in [9.17, 15) is 18.0 Å². The predicted octanol–water partition coefficient (Wildman–Crippen LogP) is 4.06. The largest absolute Gasteiger partial charge is 0.446 e. The highest BCUT2D eigenvalue weighted by Gasteiger charge is 2.29. The number of hydrogen-bond acceptors (Lipinski definition) is 5. The summed E-state index contributed by atoms with van der Waals surface area (Å²) in [6, 6.07) is 5.10. The summed E-state index contributed by atoms with van der Waals surface area (Å²) in [5.41, 5.74) is -4.34. The van der Waals surface area contributed by atoms with E-state index in [1.165, 1.54) is 18.2 Å². The van der Waals surface area contributed by atoms with Gasteiger partial charge in [0, 0.05) is 16.4 Å². The topological polar surface area (TPSA) is 68.0 Å². The van der Waals surface area contributed by atoms with Gasteiger partial charge >= 0.3 is 11.5 Å². The Balaban J connectivity index is 2.10. The first-order valence-electron chi connectivity index (χ1n) is 6.25. The first kappa shape index (κ1) is 16.3. The van der Waals surface area contributed by atoms with E-state index < -0.39 is 11.4 Å². The van der Waals surface area contributed by atoms with Crippen molar-refractivity contribution in [3.8, 4) is 0 Å². The SMILES string of the molecule is CC(C)c1nnc(NC(=O)c2cccc(SC(F)(F)F)c2)o1. The Morgan fingerprint density at radius 3 is 2.64 bits per heavy atom. The fourth-order valence-corrected chi connectivity index (χ4v) is 2.12. The maximum Gasteiger partial charge on any atom is 0.446 e. The fraction of sp³-hybridized carbons (Fsp3) is 0.308. The van der Waals surface area contributed by atoms with Crippen LogP contribution in [0.15, 0.2) is 33.6 Å². The number of carbonyl (C=O) groups is 1. The second-order valence-corrected chi connectivity index (χ2v) is 5.77.